The smallest absolute Gasteiger partial charge is 0.412 e. The number of hydrogen-bond donors (Lipinski definition) is 1. The Hall–Kier alpha value is -6.92. The summed E-state index contributed by atoms with van der Waals surface area (Å²) in [6.45, 7) is 8.88. The van der Waals surface area contributed by atoms with E-state index in [1.165, 1.54) is 5.56 Å². The number of fused-ring (bicyclic) bond motifs is 4. The maximum absolute atomic E-state index is 13.2. The number of primary amides is 1. The van der Waals surface area contributed by atoms with E-state index in [2.05, 4.69) is 73.5 Å². The standard InChI is InChI=1S/C45H47N11O7/c1-2-59-45(58)42-51-56(39-16-19-53(21-23-55(39)42)25-30-5-9-31(10-6-30)36-27-60-34-4-3-17-47-43(34)62-36)26-33-13-14-35-44(48-33)63-37(28-61-35)32-11-7-29(8-12-32)24-52-18-15-38-49-50-41(40(46)57)54(38)22-20-52/h3-14,17,36-37H,2,15-16,18-28H2,1H3,(H-,46,57)/p+1/t36-,37-/m1/s1. The van der Waals surface area contributed by atoms with Crippen molar-refractivity contribution in [3.8, 4) is 23.3 Å². The molecule has 18 nitrogen and oxygen atoms in total. The number of nitrogens with zero attached hydrogens (tertiary/aromatic N) is 10. The molecule has 2 atom stereocenters. The minimum absolute atomic E-state index is 0.210. The molecular formula is C45H48N11O7+. The van der Waals surface area contributed by atoms with Gasteiger partial charge in [-0.25, -0.2) is 19.3 Å². The summed E-state index contributed by atoms with van der Waals surface area (Å²) in [6.07, 6.45) is 2.48. The van der Waals surface area contributed by atoms with Crippen LogP contribution in [0.3, 0.4) is 0 Å². The molecule has 4 aromatic heterocycles. The first-order valence-electron chi connectivity index (χ1n) is 21.4. The Morgan fingerprint density at radius 3 is 2.17 bits per heavy atom. The van der Waals surface area contributed by atoms with Gasteiger partial charge in [-0.1, -0.05) is 48.5 Å². The Bertz CT molecular complexity index is 2630. The second-order valence-electron chi connectivity index (χ2n) is 16.0. The molecule has 6 aromatic rings. The third kappa shape index (κ3) is 8.50. The molecule has 0 saturated carbocycles. The SMILES string of the molecule is CCOC(=O)c1nn(Cc2ccc3c(n2)O[C@@H](c2ccc(CN4CCc5nnc(C(N)=O)n5CC4)cc2)CO3)c2[n+]1CCN(Cc1ccc([C@H]3COc4cccnc4O3)cc1)CC2. The molecular weight excluding hydrogens is 807 g/mol. The van der Waals surface area contributed by atoms with Crippen molar-refractivity contribution in [2.45, 2.75) is 64.7 Å². The molecule has 0 spiro atoms. The molecule has 0 radical (unpaired) electrons. The Balaban J connectivity index is 0.783. The number of hydrogen-bond acceptors (Lipinski definition) is 14. The highest BCUT2D eigenvalue weighted by atomic mass is 16.6. The molecule has 2 N–H and O–H groups in total. The lowest BCUT2D eigenvalue weighted by Gasteiger charge is -2.26. The third-order valence-electron chi connectivity index (χ3n) is 11.9. The molecule has 0 fully saturated rings. The molecule has 1 amide bonds. The summed E-state index contributed by atoms with van der Waals surface area (Å²) in [5.74, 6) is 3.34. The van der Waals surface area contributed by atoms with Crippen LogP contribution in [0.1, 0.15) is 80.0 Å². The first-order valence-corrected chi connectivity index (χ1v) is 21.4. The number of rotatable bonds is 11. The van der Waals surface area contributed by atoms with Crippen LogP contribution in [0.5, 0.6) is 23.3 Å². The summed E-state index contributed by atoms with van der Waals surface area (Å²) in [4.78, 5) is 38.9. The van der Waals surface area contributed by atoms with Crippen molar-refractivity contribution in [3.05, 3.63) is 130 Å². The van der Waals surface area contributed by atoms with Crippen molar-refractivity contribution in [1.82, 2.24) is 44.3 Å². The molecule has 0 saturated heterocycles. The van der Waals surface area contributed by atoms with Gasteiger partial charge < -0.3 is 34.0 Å². The van der Waals surface area contributed by atoms with Crippen LogP contribution in [0.15, 0.2) is 79.0 Å². The number of nitrogens with two attached hydrogens (primary N) is 1. The van der Waals surface area contributed by atoms with Gasteiger partial charge in [0.25, 0.3) is 17.7 Å². The summed E-state index contributed by atoms with van der Waals surface area (Å²) in [6, 6.07) is 24.3. The quantitative estimate of drug-likeness (QED) is 0.148. The van der Waals surface area contributed by atoms with Gasteiger partial charge in [0.1, 0.15) is 25.6 Å². The number of carbonyl (C=O) groups is 2. The topological polar surface area (TPSA) is 191 Å². The predicted molar refractivity (Wildman–Crippen MR) is 223 cm³/mol. The molecule has 0 aliphatic carbocycles. The highest BCUT2D eigenvalue weighted by molar-refractivity contribution is 5.89. The van der Waals surface area contributed by atoms with Gasteiger partial charge >= 0.3 is 11.8 Å². The van der Waals surface area contributed by atoms with Gasteiger partial charge in [-0.3, -0.25) is 14.6 Å². The third-order valence-corrected chi connectivity index (χ3v) is 11.9. The number of carbonyl (C=O) groups excluding carboxylic acids is 2. The van der Waals surface area contributed by atoms with E-state index >= 15 is 0 Å². The van der Waals surface area contributed by atoms with Crippen LogP contribution in [0.4, 0.5) is 0 Å². The summed E-state index contributed by atoms with van der Waals surface area (Å²) >= 11 is 0. The maximum Gasteiger partial charge on any atom is 0.412 e. The lowest BCUT2D eigenvalue weighted by atomic mass is 10.1. The minimum Gasteiger partial charge on any atom is -0.484 e. The fraction of sp³-hybridized carbons (Fsp3) is 0.378. The van der Waals surface area contributed by atoms with Gasteiger partial charge in [0.15, 0.2) is 23.7 Å². The predicted octanol–water partition coefficient (Wildman–Crippen LogP) is 3.02. The first-order chi connectivity index (χ1) is 30.8. The molecule has 4 aliphatic rings. The molecule has 18 heteroatoms. The zero-order valence-corrected chi connectivity index (χ0v) is 35.0. The average Bonchev–Trinajstić information content (AvgIpc) is 3.73. The van der Waals surface area contributed by atoms with E-state index in [9.17, 15) is 9.59 Å². The fourth-order valence-corrected chi connectivity index (χ4v) is 8.60. The number of ether oxygens (including phenoxy) is 5. The van der Waals surface area contributed by atoms with Gasteiger partial charge in [0.05, 0.1) is 23.9 Å². The Morgan fingerprint density at radius 1 is 0.778 bits per heavy atom. The van der Waals surface area contributed by atoms with Crippen LogP contribution in [0, 0.1) is 0 Å². The van der Waals surface area contributed by atoms with Crippen molar-refractivity contribution >= 4 is 11.9 Å². The molecule has 0 bridgehead atoms. The molecule has 2 aromatic carbocycles. The van der Waals surface area contributed by atoms with E-state index in [-0.39, 0.29) is 30.5 Å². The van der Waals surface area contributed by atoms with Gasteiger partial charge in [0.2, 0.25) is 11.6 Å². The number of esters is 1. The van der Waals surface area contributed by atoms with E-state index in [1.54, 1.807) is 13.1 Å². The van der Waals surface area contributed by atoms with Crippen LogP contribution in [-0.4, -0.2) is 102 Å². The number of aromatic nitrogens is 8. The first kappa shape index (κ1) is 40.2. The molecule has 324 valence electrons. The highest BCUT2D eigenvalue weighted by Crippen LogP contribution is 2.36. The summed E-state index contributed by atoms with van der Waals surface area (Å²) in [5.41, 5.74) is 10.6. The number of benzene rings is 2. The van der Waals surface area contributed by atoms with Crippen LogP contribution >= 0.6 is 0 Å². The van der Waals surface area contributed by atoms with Gasteiger partial charge in [-0.05, 0) is 53.4 Å². The van der Waals surface area contributed by atoms with E-state index in [0.717, 1.165) is 73.3 Å². The van der Waals surface area contributed by atoms with Crippen molar-refractivity contribution in [1.29, 1.82) is 0 Å². The Kier molecular flexibility index (Phi) is 11.1. The van der Waals surface area contributed by atoms with Crippen molar-refractivity contribution in [2.24, 2.45) is 5.73 Å². The molecule has 4 aliphatic heterocycles. The Labute approximate surface area is 363 Å². The zero-order valence-electron chi connectivity index (χ0n) is 35.0. The van der Waals surface area contributed by atoms with Crippen molar-refractivity contribution < 1.29 is 37.8 Å². The normalized spacial score (nSPS) is 18.4. The molecule has 0 unspecified atom stereocenters. The average molecular weight is 855 g/mol. The van der Waals surface area contributed by atoms with Crippen LogP contribution < -0.4 is 29.2 Å². The number of pyridine rings is 2. The summed E-state index contributed by atoms with van der Waals surface area (Å²) < 4.78 is 35.7. The fourth-order valence-electron chi connectivity index (χ4n) is 8.60. The number of amides is 1. The Morgan fingerprint density at radius 2 is 1.46 bits per heavy atom. The lowest BCUT2D eigenvalue weighted by Crippen LogP contribution is -2.44. The van der Waals surface area contributed by atoms with Crippen molar-refractivity contribution in [2.75, 3.05) is 46.0 Å². The molecule has 63 heavy (non-hydrogen) atoms. The van der Waals surface area contributed by atoms with Crippen molar-refractivity contribution in [3.63, 3.8) is 0 Å². The van der Waals surface area contributed by atoms with E-state index in [1.807, 2.05) is 38.1 Å². The summed E-state index contributed by atoms with van der Waals surface area (Å²) in [7, 11) is 0. The molecule has 8 heterocycles. The molecule has 10 rings (SSSR count). The van der Waals surface area contributed by atoms with Crippen LogP contribution in [-0.2, 0) is 50.3 Å². The van der Waals surface area contributed by atoms with Gasteiger partial charge in [0, 0.05) is 64.9 Å². The lowest BCUT2D eigenvalue weighted by molar-refractivity contribution is -0.704. The summed E-state index contributed by atoms with van der Waals surface area (Å²) in [5, 5.41) is 12.9. The van der Waals surface area contributed by atoms with E-state index < -0.39 is 11.9 Å². The zero-order chi connectivity index (χ0) is 42.9. The van der Waals surface area contributed by atoms with Gasteiger partial charge in [-0.2, -0.15) is 0 Å². The largest absolute Gasteiger partial charge is 0.484 e. The van der Waals surface area contributed by atoms with Crippen LogP contribution in [0.25, 0.3) is 0 Å². The second-order valence-corrected chi connectivity index (χ2v) is 16.0. The van der Waals surface area contributed by atoms with Crippen LogP contribution in [0.2, 0.25) is 0 Å². The second kappa shape index (κ2) is 17.5. The van der Waals surface area contributed by atoms with Gasteiger partial charge in [-0.15, -0.1) is 14.9 Å². The highest BCUT2D eigenvalue weighted by Gasteiger charge is 2.35. The monoisotopic (exact) mass is 854 g/mol. The van der Waals surface area contributed by atoms with E-state index in [4.69, 9.17) is 39.5 Å². The maximum atomic E-state index is 13.2. The van der Waals surface area contributed by atoms with E-state index in [0.29, 0.717) is 68.9 Å². The minimum atomic E-state index is -0.563.